The van der Waals surface area contributed by atoms with Crippen molar-refractivity contribution in [3.63, 3.8) is 0 Å². The van der Waals surface area contributed by atoms with Gasteiger partial charge in [0.2, 0.25) is 0 Å². The molecule has 1 heterocycles. The molecule has 0 unspecified atom stereocenters. The van der Waals surface area contributed by atoms with E-state index in [-0.39, 0.29) is 6.61 Å². The van der Waals surface area contributed by atoms with E-state index < -0.39 is 12.8 Å². The fourth-order valence-corrected chi connectivity index (χ4v) is 2.01. The second-order valence-corrected chi connectivity index (χ2v) is 5.12. The van der Waals surface area contributed by atoms with E-state index in [0.29, 0.717) is 19.0 Å². The Labute approximate surface area is 116 Å². The van der Waals surface area contributed by atoms with Gasteiger partial charge >= 0.3 is 6.18 Å². The van der Waals surface area contributed by atoms with Crippen molar-refractivity contribution in [2.45, 2.75) is 51.5 Å². The zero-order chi connectivity index (χ0) is 14.6. The Bertz CT molecular complexity index is 427. The molecule has 4 nitrogen and oxygen atoms in total. The van der Waals surface area contributed by atoms with Crippen LogP contribution < -0.4 is 5.32 Å². The van der Waals surface area contributed by atoms with Crippen LogP contribution in [0.25, 0.3) is 0 Å². The largest absolute Gasteiger partial charge is 0.411 e. The molecule has 0 amide bonds. The van der Waals surface area contributed by atoms with Crippen LogP contribution in [0.5, 0.6) is 0 Å². The minimum Gasteiger partial charge on any atom is -0.372 e. The summed E-state index contributed by atoms with van der Waals surface area (Å²) in [5, 5.41) is 3.41. The van der Waals surface area contributed by atoms with Crippen LogP contribution in [0, 0.1) is 6.92 Å². The number of hydrogen-bond donors (Lipinski definition) is 1. The molecule has 0 radical (unpaired) electrons. The van der Waals surface area contributed by atoms with Gasteiger partial charge in [-0.25, -0.2) is 4.98 Å². The number of hydrogen-bond acceptors (Lipinski definition) is 3. The second-order valence-electron chi connectivity index (χ2n) is 5.12. The predicted octanol–water partition coefficient (Wildman–Crippen LogP) is 2.41. The molecule has 1 aromatic heterocycles. The van der Waals surface area contributed by atoms with Crippen molar-refractivity contribution in [3.05, 3.63) is 17.7 Å². The molecular weight excluding hydrogens is 271 g/mol. The highest BCUT2D eigenvalue weighted by Gasteiger charge is 2.27. The number of rotatable bonds is 8. The normalized spacial score (nSPS) is 15.8. The summed E-state index contributed by atoms with van der Waals surface area (Å²) in [7, 11) is 0. The van der Waals surface area contributed by atoms with Gasteiger partial charge < -0.3 is 14.6 Å². The molecule has 2 rings (SSSR count). The zero-order valence-electron chi connectivity index (χ0n) is 11.5. The molecule has 0 bridgehead atoms. The molecule has 0 atom stereocenters. The lowest BCUT2D eigenvalue weighted by molar-refractivity contribution is -0.174. The molecule has 7 heteroatoms. The van der Waals surface area contributed by atoms with Crippen molar-refractivity contribution in [3.8, 4) is 0 Å². The third kappa shape index (κ3) is 5.13. The topological polar surface area (TPSA) is 39.1 Å². The van der Waals surface area contributed by atoms with Gasteiger partial charge in [0.25, 0.3) is 0 Å². The van der Waals surface area contributed by atoms with E-state index in [9.17, 15) is 13.2 Å². The van der Waals surface area contributed by atoms with Gasteiger partial charge in [-0.2, -0.15) is 13.2 Å². The minimum absolute atomic E-state index is 0.104. The molecule has 1 fully saturated rings. The van der Waals surface area contributed by atoms with E-state index in [4.69, 9.17) is 0 Å². The van der Waals surface area contributed by atoms with E-state index in [2.05, 4.69) is 15.0 Å². The second kappa shape index (κ2) is 6.58. The maximum atomic E-state index is 11.9. The SMILES string of the molecule is Cc1ncc(CNC2CC2)n1CCCOCC(F)(F)F. The van der Waals surface area contributed by atoms with Gasteiger partial charge in [-0.05, 0) is 26.2 Å². The summed E-state index contributed by atoms with van der Waals surface area (Å²) in [5.41, 5.74) is 1.07. The Hall–Kier alpha value is -1.08. The quantitative estimate of drug-likeness (QED) is 0.748. The number of ether oxygens (including phenoxy) is 1. The van der Waals surface area contributed by atoms with Crippen molar-refractivity contribution in [1.82, 2.24) is 14.9 Å². The fraction of sp³-hybridized carbons (Fsp3) is 0.769. The number of nitrogens with one attached hydrogen (secondary N) is 1. The van der Waals surface area contributed by atoms with Gasteiger partial charge in [-0.3, -0.25) is 0 Å². The van der Waals surface area contributed by atoms with E-state index in [1.54, 1.807) is 0 Å². The maximum absolute atomic E-state index is 11.9. The predicted molar refractivity (Wildman–Crippen MR) is 68.3 cm³/mol. The number of nitrogens with zero attached hydrogens (tertiary/aromatic N) is 2. The van der Waals surface area contributed by atoms with Gasteiger partial charge in [-0.1, -0.05) is 0 Å². The van der Waals surface area contributed by atoms with Crippen molar-refractivity contribution in [1.29, 1.82) is 0 Å². The summed E-state index contributed by atoms with van der Waals surface area (Å²) in [6, 6.07) is 0.619. The Morgan fingerprint density at radius 3 is 2.85 bits per heavy atom. The van der Waals surface area contributed by atoms with Gasteiger partial charge in [0.1, 0.15) is 12.4 Å². The fourth-order valence-electron chi connectivity index (χ4n) is 2.01. The van der Waals surface area contributed by atoms with Crippen LogP contribution in [-0.4, -0.2) is 35.0 Å². The molecule has 20 heavy (non-hydrogen) atoms. The summed E-state index contributed by atoms with van der Waals surface area (Å²) >= 11 is 0. The van der Waals surface area contributed by atoms with Gasteiger partial charge in [-0.15, -0.1) is 0 Å². The lowest BCUT2D eigenvalue weighted by atomic mass is 10.4. The van der Waals surface area contributed by atoms with E-state index in [1.165, 1.54) is 12.8 Å². The van der Waals surface area contributed by atoms with Crippen molar-refractivity contribution >= 4 is 0 Å². The smallest absolute Gasteiger partial charge is 0.372 e. The van der Waals surface area contributed by atoms with Crippen LogP contribution in [0.15, 0.2) is 6.20 Å². The third-order valence-electron chi connectivity index (χ3n) is 3.22. The lowest BCUT2D eigenvalue weighted by Gasteiger charge is -2.12. The Morgan fingerprint density at radius 2 is 2.20 bits per heavy atom. The highest BCUT2D eigenvalue weighted by Crippen LogP contribution is 2.19. The molecule has 0 aromatic carbocycles. The first kappa shape index (κ1) is 15.3. The van der Waals surface area contributed by atoms with Crippen molar-refractivity contribution in [2.24, 2.45) is 0 Å². The first-order valence-corrected chi connectivity index (χ1v) is 6.84. The van der Waals surface area contributed by atoms with Gasteiger partial charge in [0.15, 0.2) is 0 Å². The standard InChI is InChI=1S/C13H20F3N3O/c1-10-17-7-12(8-18-11-3-4-11)19(10)5-2-6-20-9-13(14,15)16/h7,11,18H,2-6,8-9H2,1H3. The number of aromatic nitrogens is 2. The van der Waals surface area contributed by atoms with Crippen LogP contribution in [0.2, 0.25) is 0 Å². The molecule has 1 aromatic rings. The summed E-state index contributed by atoms with van der Waals surface area (Å²) in [6.07, 6.45) is 0.562. The summed E-state index contributed by atoms with van der Waals surface area (Å²) < 4.78 is 42.4. The van der Waals surface area contributed by atoms with Crippen LogP contribution in [0.4, 0.5) is 13.2 Å². The van der Waals surface area contributed by atoms with Crippen LogP contribution in [0.1, 0.15) is 30.8 Å². The Kier molecular flexibility index (Phi) is 5.04. The van der Waals surface area contributed by atoms with Gasteiger partial charge in [0, 0.05) is 31.9 Å². The van der Waals surface area contributed by atoms with Gasteiger partial charge in [0.05, 0.1) is 5.69 Å². The number of imidazole rings is 1. The molecule has 114 valence electrons. The van der Waals surface area contributed by atoms with Crippen LogP contribution >= 0.6 is 0 Å². The minimum atomic E-state index is -4.25. The zero-order valence-corrected chi connectivity index (χ0v) is 11.5. The number of aryl methyl sites for hydroxylation is 1. The molecule has 1 saturated carbocycles. The maximum Gasteiger partial charge on any atom is 0.411 e. The first-order chi connectivity index (χ1) is 9.46. The molecule has 0 aliphatic heterocycles. The first-order valence-electron chi connectivity index (χ1n) is 6.84. The van der Waals surface area contributed by atoms with E-state index in [1.807, 2.05) is 17.7 Å². The summed E-state index contributed by atoms with van der Waals surface area (Å²) in [5.74, 6) is 0.883. The molecule has 0 spiro atoms. The summed E-state index contributed by atoms with van der Waals surface area (Å²) in [6.45, 7) is 2.22. The Morgan fingerprint density at radius 1 is 1.45 bits per heavy atom. The molecule has 1 N–H and O–H groups in total. The average molecular weight is 291 g/mol. The molecule has 1 aliphatic carbocycles. The van der Waals surface area contributed by atoms with E-state index in [0.717, 1.165) is 18.1 Å². The van der Waals surface area contributed by atoms with Crippen molar-refractivity contribution < 1.29 is 17.9 Å². The average Bonchev–Trinajstić information content (AvgIpc) is 3.12. The molecular formula is C13H20F3N3O. The van der Waals surface area contributed by atoms with Crippen LogP contribution in [-0.2, 0) is 17.8 Å². The van der Waals surface area contributed by atoms with Crippen LogP contribution in [0.3, 0.4) is 0 Å². The third-order valence-corrected chi connectivity index (χ3v) is 3.22. The van der Waals surface area contributed by atoms with E-state index >= 15 is 0 Å². The Balaban J connectivity index is 1.72. The summed E-state index contributed by atoms with van der Waals surface area (Å²) in [4.78, 5) is 4.26. The number of alkyl halides is 3. The highest BCUT2D eigenvalue weighted by molar-refractivity contribution is 5.05. The monoisotopic (exact) mass is 291 g/mol. The lowest BCUT2D eigenvalue weighted by Crippen LogP contribution is -2.20. The molecule has 0 saturated heterocycles. The van der Waals surface area contributed by atoms with Crippen molar-refractivity contribution in [2.75, 3.05) is 13.2 Å². The molecule has 1 aliphatic rings. The highest BCUT2D eigenvalue weighted by atomic mass is 19.4. The number of halogens is 3.